The second kappa shape index (κ2) is 9.19. The smallest absolute Gasteiger partial charge is 0.320 e. The molecule has 0 bridgehead atoms. The van der Waals surface area contributed by atoms with E-state index in [1.807, 2.05) is 0 Å². The quantitative estimate of drug-likeness (QED) is 0.716. The first-order valence-corrected chi connectivity index (χ1v) is 11.0. The highest BCUT2D eigenvalue weighted by Crippen LogP contribution is 2.36. The predicted molar refractivity (Wildman–Crippen MR) is 119 cm³/mol. The highest BCUT2D eigenvalue weighted by atomic mass is 19.3. The summed E-state index contributed by atoms with van der Waals surface area (Å²) < 4.78 is 35.0. The van der Waals surface area contributed by atoms with Crippen molar-refractivity contribution in [1.29, 1.82) is 0 Å². The number of nitrogens with zero attached hydrogens (tertiary/aromatic N) is 4. The number of ether oxygens (including phenoxy) is 1. The summed E-state index contributed by atoms with van der Waals surface area (Å²) in [6.45, 7) is 4.50. The van der Waals surface area contributed by atoms with E-state index in [0.29, 0.717) is 44.2 Å². The molecule has 1 fully saturated rings. The molecule has 0 aliphatic carbocycles. The van der Waals surface area contributed by atoms with Gasteiger partial charge in [-0.15, -0.1) is 0 Å². The lowest BCUT2D eigenvalue weighted by Crippen LogP contribution is -2.35. The monoisotopic (exact) mass is 446 g/mol. The van der Waals surface area contributed by atoms with Crippen LogP contribution in [-0.2, 0) is 22.5 Å². The summed E-state index contributed by atoms with van der Waals surface area (Å²) >= 11 is 0. The number of anilines is 2. The van der Waals surface area contributed by atoms with Gasteiger partial charge in [0.25, 0.3) is 6.43 Å². The van der Waals surface area contributed by atoms with E-state index >= 15 is 0 Å². The van der Waals surface area contributed by atoms with Crippen LogP contribution in [0.15, 0.2) is 18.2 Å². The maximum Gasteiger partial charge on any atom is 0.320 e. The Morgan fingerprint density at radius 1 is 1.34 bits per heavy atom. The van der Waals surface area contributed by atoms with Gasteiger partial charge in [0.1, 0.15) is 0 Å². The fourth-order valence-electron chi connectivity index (χ4n) is 4.66. The third-order valence-corrected chi connectivity index (χ3v) is 6.51. The number of carbonyl (C=O) groups excluding carboxylic acids is 1. The number of amides is 1. The number of hydrogen-bond acceptors (Lipinski definition) is 5. The summed E-state index contributed by atoms with van der Waals surface area (Å²) in [6, 6.07) is 4.90. The molecule has 0 atom stereocenters. The van der Waals surface area contributed by atoms with Crippen molar-refractivity contribution in [2.75, 3.05) is 31.7 Å². The molecule has 172 valence electrons. The zero-order valence-corrected chi connectivity index (χ0v) is 18.7. The van der Waals surface area contributed by atoms with Crippen LogP contribution in [0.1, 0.15) is 49.1 Å². The molecular formula is C22H29BF2N4O3. The molecule has 2 aromatic rings. The molecule has 1 amide bonds. The van der Waals surface area contributed by atoms with Crippen LogP contribution in [0.4, 0.5) is 20.3 Å². The Balaban J connectivity index is 1.76. The zero-order chi connectivity index (χ0) is 23.0. The molecule has 0 unspecified atom stereocenters. The fraction of sp³-hybridized carbons (Fsp3) is 0.545. The van der Waals surface area contributed by atoms with Gasteiger partial charge in [0.15, 0.2) is 5.82 Å². The number of rotatable bonds is 5. The van der Waals surface area contributed by atoms with Crippen LogP contribution in [0, 0.1) is 0 Å². The van der Waals surface area contributed by atoms with Crippen LogP contribution < -0.4 is 10.4 Å². The fourth-order valence-corrected chi connectivity index (χ4v) is 4.66. The van der Waals surface area contributed by atoms with Gasteiger partial charge in [-0.3, -0.25) is 9.48 Å². The Labute approximate surface area is 187 Å². The van der Waals surface area contributed by atoms with E-state index in [2.05, 4.69) is 4.68 Å². The Hall–Kier alpha value is -2.46. The molecule has 0 spiro atoms. The minimum Gasteiger partial charge on any atom is -0.446 e. The van der Waals surface area contributed by atoms with Crippen molar-refractivity contribution < 1.29 is 23.3 Å². The summed E-state index contributed by atoms with van der Waals surface area (Å²) in [4.78, 5) is 15.6. The van der Waals surface area contributed by atoms with Gasteiger partial charge in [-0.2, -0.15) is 5.10 Å². The summed E-state index contributed by atoms with van der Waals surface area (Å²) in [5.74, 6) is 0.673. The molecule has 7 nitrogen and oxygen atoms in total. The molecule has 1 aromatic carbocycles. The minimum atomic E-state index is -2.70. The zero-order valence-electron chi connectivity index (χ0n) is 18.7. The number of carbonyl (C=O) groups is 1. The molecule has 2 aliphatic heterocycles. The third-order valence-electron chi connectivity index (χ3n) is 6.51. The van der Waals surface area contributed by atoms with Crippen molar-refractivity contribution in [2.24, 2.45) is 0 Å². The summed E-state index contributed by atoms with van der Waals surface area (Å²) in [5.41, 5.74) is 2.65. The molecule has 0 radical (unpaired) electrons. The first kappa shape index (κ1) is 22.7. The molecule has 0 saturated carbocycles. The maximum absolute atomic E-state index is 13.7. The van der Waals surface area contributed by atoms with Crippen LogP contribution in [0.2, 0.25) is 6.82 Å². The Bertz CT molecular complexity index is 992. The second-order valence-electron chi connectivity index (χ2n) is 8.58. The molecule has 2 aliphatic rings. The molecular weight excluding hydrogens is 417 g/mol. The topological polar surface area (TPSA) is 70.8 Å². The lowest BCUT2D eigenvalue weighted by atomic mass is 9.62. The predicted octanol–water partition coefficient (Wildman–Crippen LogP) is 2.67. The number of hydrogen-bond donors (Lipinski definition) is 1. The lowest BCUT2D eigenvalue weighted by molar-refractivity contribution is -0.129. The van der Waals surface area contributed by atoms with Crippen LogP contribution in [0.3, 0.4) is 0 Å². The summed E-state index contributed by atoms with van der Waals surface area (Å²) in [7, 11) is 1.80. The van der Waals surface area contributed by atoms with E-state index in [9.17, 15) is 18.6 Å². The van der Waals surface area contributed by atoms with Crippen LogP contribution >= 0.6 is 0 Å². The highest BCUT2D eigenvalue weighted by Gasteiger charge is 2.31. The van der Waals surface area contributed by atoms with E-state index in [4.69, 9.17) is 9.84 Å². The molecule has 1 N–H and O–H groups in total. The number of fused-ring (bicyclic) bond motifs is 1. The first-order valence-electron chi connectivity index (χ1n) is 11.0. The Morgan fingerprint density at radius 2 is 2.06 bits per heavy atom. The van der Waals surface area contributed by atoms with E-state index in [1.165, 1.54) is 12.9 Å². The number of aromatic nitrogens is 2. The Morgan fingerprint density at radius 3 is 2.69 bits per heavy atom. The standard InChI is InChI=1S/C22H29BF2N4O3/c1-14(30)28-9-6-20-18(13-28)22(26-29(20)15-7-10-32-11-8-15)27(3)16-4-5-19(23(2)31)17(12-16)21(24)25/h4-5,12,15,21,31H,6-11,13H2,1-3H3. The molecule has 1 aromatic heterocycles. The molecule has 3 heterocycles. The lowest BCUT2D eigenvalue weighted by Gasteiger charge is -2.29. The van der Waals surface area contributed by atoms with E-state index < -0.39 is 13.3 Å². The van der Waals surface area contributed by atoms with Crippen molar-refractivity contribution in [3.63, 3.8) is 0 Å². The van der Waals surface area contributed by atoms with Crippen molar-refractivity contribution in [3.05, 3.63) is 35.0 Å². The second-order valence-corrected chi connectivity index (χ2v) is 8.58. The van der Waals surface area contributed by atoms with E-state index in [1.54, 1.807) is 35.9 Å². The van der Waals surface area contributed by atoms with Crippen LogP contribution in [-0.4, -0.2) is 59.3 Å². The average Bonchev–Trinajstić information content (AvgIpc) is 3.17. The van der Waals surface area contributed by atoms with Crippen LogP contribution in [0.25, 0.3) is 0 Å². The van der Waals surface area contributed by atoms with Gasteiger partial charge in [-0.1, -0.05) is 12.9 Å². The van der Waals surface area contributed by atoms with Crippen molar-refractivity contribution in [3.8, 4) is 0 Å². The van der Waals surface area contributed by atoms with Gasteiger partial charge in [-0.05, 0) is 30.4 Å². The van der Waals surface area contributed by atoms with Gasteiger partial charge in [-0.25, -0.2) is 8.78 Å². The first-order chi connectivity index (χ1) is 15.3. The molecule has 4 rings (SSSR count). The highest BCUT2D eigenvalue weighted by molar-refractivity contribution is 6.65. The number of benzene rings is 1. The van der Waals surface area contributed by atoms with Crippen molar-refractivity contribution in [2.45, 2.75) is 52.0 Å². The maximum atomic E-state index is 13.7. The normalized spacial score (nSPS) is 16.9. The minimum absolute atomic E-state index is 0.00402. The van der Waals surface area contributed by atoms with Gasteiger partial charge >= 0.3 is 6.92 Å². The van der Waals surface area contributed by atoms with Gasteiger partial charge in [0.2, 0.25) is 5.91 Å². The molecule has 32 heavy (non-hydrogen) atoms. The number of halogens is 2. The van der Waals surface area contributed by atoms with Gasteiger partial charge in [0, 0.05) is 62.7 Å². The molecule has 10 heteroatoms. The number of alkyl halides is 2. The summed E-state index contributed by atoms with van der Waals surface area (Å²) in [6.07, 6.45) is -0.260. The van der Waals surface area contributed by atoms with Gasteiger partial charge < -0.3 is 19.6 Å². The van der Waals surface area contributed by atoms with Crippen molar-refractivity contribution >= 4 is 29.8 Å². The average molecular weight is 446 g/mol. The SMILES string of the molecule is CB(O)c1ccc(N(C)c2nn(C3CCOCC3)c3c2CN(C(C)=O)CC3)cc1C(F)F. The summed E-state index contributed by atoms with van der Waals surface area (Å²) in [5, 5.41) is 14.8. The van der Waals surface area contributed by atoms with E-state index in [0.717, 1.165) is 24.1 Å². The Kier molecular flexibility index (Phi) is 6.53. The largest absolute Gasteiger partial charge is 0.446 e. The molecule has 1 saturated heterocycles. The van der Waals surface area contributed by atoms with Gasteiger partial charge in [0.05, 0.1) is 12.6 Å². The van der Waals surface area contributed by atoms with E-state index in [-0.39, 0.29) is 23.0 Å². The van der Waals surface area contributed by atoms with Crippen molar-refractivity contribution in [1.82, 2.24) is 14.7 Å². The third kappa shape index (κ3) is 4.25. The van der Waals surface area contributed by atoms with Crippen LogP contribution in [0.5, 0.6) is 0 Å².